The molecule has 0 atom stereocenters. The Morgan fingerprint density at radius 2 is 1.82 bits per heavy atom. The summed E-state index contributed by atoms with van der Waals surface area (Å²) >= 11 is -0.931. The van der Waals surface area contributed by atoms with Crippen molar-refractivity contribution in [2.45, 2.75) is 48.4 Å². The molecule has 0 fully saturated rings. The van der Waals surface area contributed by atoms with Crippen molar-refractivity contribution in [3.8, 4) is 0 Å². The monoisotopic (exact) mass is 345 g/mol. The van der Waals surface area contributed by atoms with Crippen LogP contribution in [-0.2, 0) is 24.7 Å². The molecule has 0 aliphatic carbocycles. The van der Waals surface area contributed by atoms with Crippen LogP contribution in [0.2, 0.25) is 0 Å². The van der Waals surface area contributed by atoms with Gasteiger partial charge in [-0.2, -0.15) is 0 Å². The first kappa shape index (κ1) is 22.3. The number of rotatable bonds is 0. The summed E-state index contributed by atoms with van der Waals surface area (Å²) in [5.41, 5.74) is 0. The summed E-state index contributed by atoms with van der Waals surface area (Å²) in [6.07, 6.45) is 3.40. The van der Waals surface area contributed by atoms with Crippen LogP contribution in [0.1, 0.15) is 54.0 Å². The van der Waals surface area contributed by atoms with E-state index in [1.54, 1.807) is 6.08 Å². The van der Waals surface area contributed by atoms with Gasteiger partial charge in [0.2, 0.25) is 0 Å². The molecule has 0 rings (SSSR count). The number of carbonyl (C=O) groups excluding carboxylic acids is 1. The predicted octanol–water partition coefficient (Wildman–Crippen LogP) is 5.16. The van der Waals surface area contributed by atoms with E-state index < -0.39 is 21.1 Å². The van der Waals surface area contributed by atoms with E-state index in [4.69, 9.17) is 38.2 Å². The first-order chi connectivity index (χ1) is 9.39. The Balaban J connectivity index is -0.0000000225. The average Bonchev–Trinajstić information content (AvgIpc) is 2.42. The van der Waals surface area contributed by atoms with Gasteiger partial charge in [-0.05, 0) is 13.8 Å². The van der Waals surface area contributed by atoms with Crippen LogP contribution < -0.4 is 0 Å². The molecule has 0 amide bonds. The average molecular weight is 348 g/mol. The molecule has 0 aromatic carbocycles. The van der Waals surface area contributed by atoms with E-state index in [1.165, 1.54) is 20.9 Å². The Labute approximate surface area is 128 Å². The minimum atomic E-state index is -0.931. The van der Waals surface area contributed by atoms with Crippen molar-refractivity contribution in [3.63, 3.8) is 0 Å². The van der Waals surface area contributed by atoms with Crippen molar-refractivity contribution in [3.05, 3.63) is 12.6 Å². The second kappa shape index (κ2) is 72.9. The van der Waals surface area contributed by atoms with Gasteiger partial charge in [-0.3, -0.25) is 4.79 Å². The SMILES string of the molecule is CC(=O)O.CC=O.[2H]C.[2H]C=CC.[2H]CCC.[Cl][Zn][Cl].[HH]. The van der Waals surface area contributed by atoms with Gasteiger partial charge in [0, 0.05) is 11.1 Å². The Morgan fingerprint density at radius 3 is 1.82 bits per heavy atom. The van der Waals surface area contributed by atoms with E-state index in [2.05, 4.69) is 0 Å². The number of carbonyl (C=O) groups is 2. The number of carboxylic acid groups (broad SMARTS) is 1. The minimum absolute atomic E-state index is 0. The zero-order valence-corrected chi connectivity index (χ0v) is 15.9. The van der Waals surface area contributed by atoms with Gasteiger partial charge in [0.1, 0.15) is 6.29 Å². The fourth-order valence-electron chi connectivity index (χ4n) is 0. The summed E-state index contributed by atoms with van der Waals surface area (Å²) in [6, 6.07) is 0. The molecule has 106 valence electrons. The van der Waals surface area contributed by atoms with E-state index in [0.717, 1.165) is 19.6 Å². The summed E-state index contributed by atoms with van der Waals surface area (Å²) in [7, 11) is 11.2. The maximum Gasteiger partial charge on any atom is 0 e. The molecule has 0 radical (unpaired) electrons. The van der Waals surface area contributed by atoms with E-state index in [-0.39, 0.29) is 1.43 Å². The van der Waals surface area contributed by atoms with Crippen molar-refractivity contribution in [2.24, 2.45) is 0 Å². The van der Waals surface area contributed by atoms with E-state index in [9.17, 15) is 0 Å². The number of halogens is 2. The maximum atomic E-state index is 9.00. The van der Waals surface area contributed by atoms with Crippen molar-refractivity contribution in [1.82, 2.24) is 0 Å². The second-order valence-corrected chi connectivity index (χ2v) is 6.31. The molecule has 0 saturated carbocycles. The predicted molar refractivity (Wildman–Crippen MR) is 77.4 cm³/mol. The number of allylic oxidation sites excluding steroid dienone is 1. The summed E-state index contributed by atoms with van der Waals surface area (Å²) in [5.74, 6) is -0.833. The Kier molecular flexibility index (Phi) is 95.6. The number of hydrogen-bond acceptors (Lipinski definition) is 2. The quantitative estimate of drug-likeness (QED) is 0.374. The fraction of sp³-hybridized carbons (Fsp3) is 0.636. The van der Waals surface area contributed by atoms with Gasteiger partial charge in [0.15, 0.2) is 0 Å². The number of carboxylic acids is 1. The van der Waals surface area contributed by atoms with Crippen molar-refractivity contribution < 1.29 is 35.4 Å². The van der Waals surface area contributed by atoms with Crippen LogP contribution in [0.4, 0.5) is 0 Å². The number of aldehydes is 1. The first-order valence-electron chi connectivity index (χ1n) is 6.68. The Morgan fingerprint density at radius 1 is 1.71 bits per heavy atom. The fourth-order valence-corrected chi connectivity index (χ4v) is 0. The van der Waals surface area contributed by atoms with Crippen LogP contribution in [-0.4, -0.2) is 17.4 Å². The summed E-state index contributed by atoms with van der Waals surface area (Å²) in [5, 5.41) is 7.42. The number of aliphatic carboxylic acids is 1. The molecule has 0 aromatic heterocycles. The van der Waals surface area contributed by atoms with Gasteiger partial charge in [0.05, 0.1) is 1.37 Å². The molecular formula is C11H28Cl2O3Zn. The largest absolute Gasteiger partial charge is 0 e. The molecule has 0 bridgehead atoms. The third kappa shape index (κ3) is 459000. The van der Waals surface area contributed by atoms with E-state index >= 15 is 0 Å². The van der Waals surface area contributed by atoms with E-state index in [1.807, 2.05) is 13.8 Å². The van der Waals surface area contributed by atoms with Crippen LogP contribution in [0.25, 0.3) is 0 Å². The van der Waals surface area contributed by atoms with Gasteiger partial charge in [-0.1, -0.05) is 33.7 Å². The zero-order valence-electron chi connectivity index (χ0n) is 14.4. The zero-order chi connectivity index (χ0) is 17.8. The number of hydrogen-bond donors (Lipinski definition) is 1. The van der Waals surface area contributed by atoms with Crippen LogP contribution in [0.3, 0.4) is 0 Å². The molecule has 3 nitrogen and oxygen atoms in total. The molecule has 1 N–H and O–H groups in total. The second-order valence-electron chi connectivity index (χ2n) is 1.69. The summed E-state index contributed by atoms with van der Waals surface area (Å²) in [4.78, 5) is 17.8. The topological polar surface area (TPSA) is 54.4 Å². The van der Waals surface area contributed by atoms with Crippen LogP contribution in [0, 0.1) is 0 Å². The standard InChI is InChI=1S/C3H8.C3H6.C2H4O2.C2H4O.CH4.2ClH.Zn.H2/c2*1-3-2;1-2(3)4;1-2-3;;;;;/h3H2,1-2H3;3H,1H2,2H3;1H3,(H,3,4);2H,1H3;1H4;2*1H;;1H/q;;;;;;;+2;/p-2/i2*1D;;;1D;;;;. The van der Waals surface area contributed by atoms with Crippen molar-refractivity contribution in [2.75, 3.05) is 0 Å². The third-order valence-corrected chi connectivity index (χ3v) is 0. The van der Waals surface area contributed by atoms with E-state index in [0.29, 0.717) is 6.90 Å². The van der Waals surface area contributed by atoms with Crippen LogP contribution >= 0.6 is 19.4 Å². The van der Waals surface area contributed by atoms with Gasteiger partial charge in [-0.25, -0.2) is 0 Å². The van der Waals surface area contributed by atoms with Gasteiger partial charge in [-0.15, -0.1) is 6.55 Å². The Bertz CT molecular complexity index is 158. The maximum absolute atomic E-state index is 9.00. The minimum Gasteiger partial charge on any atom is 0 e. The molecule has 0 spiro atoms. The summed E-state index contributed by atoms with van der Waals surface area (Å²) < 4.78 is 18.5. The van der Waals surface area contributed by atoms with Crippen LogP contribution in [0.5, 0.6) is 0 Å². The molecule has 0 heterocycles. The molecule has 0 aliphatic rings. The smallest absolute Gasteiger partial charge is 0 e. The molecule has 0 unspecified atom stereocenters. The summed E-state index contributed by atoms with van der Waals surface area (Å²) in [6.45, 7) is 8.15. The molecule has 0 saturated heterocycles. The first-order valence-corrected chi connectivity index (χ1v) is 12.2. The van der Waals surface area contributed by atoms with Crippen molar-refractivity contribution >= 4 is 31.6 Å². The molecule has 0 aliphatic heterocycles. The third-order valence-electron chi connectivity index (χ3n) is 0. The molecular weight excluding hydrogens is 316 g/mol. The van der Waals surface area contributed by atoms with Crippen LogP contribution in [0.15, 0.2) is 12.6 Å². The van der Waals surface area contributed by atoms with Crippen molar-refractivity contribution in [1.29, 1.82) is 0 Å². The molecule has 6 heteroatoms. The van der Waals surface area contributed by atoms with Gasteiger partial charge in [0.25, 0.3) is 5.97 Å². The molecule has 0 aromatic rings. The van der Waals surface area contributed by atoms with Gasteiger partial charge < -0.3 is 9.90 Å². The normalized spacial score (nSPS) is 7.35. The van der Waals surface area contributed by atoms with Gasteiger partial charge >= 0.3 is 34.5 Å². The Hall–Kier alpha value is 0.0834. The molecule has 17 heavy (non-hydrogen) atoms.